The van der Waals surface area contributed by atoms with Crippen LogP contribution in [0, 0.1) is 6.92 Å². The molecule has 0 aliphatic heterocycles. The van der Waals surface area contributed by atoms with Crippen molar-refractivity contribution < 1.29 is 4.79 Å². The van der Waals surface area contributed by atoms with E-state index in [2.05, 4.69) is 15.5 Å². The summed E-state index contributed by atoms with van der Waals surface area (Å²) in [7, 11) is 0. The van der Waals surface area contributed by atoms with Gasteiger partial charge >= 0.3 is 0 Å². The van der Waals surface area contributed by atoms with Crippen LogP contribution in [0.4, 0.5) is 0 Å². The van der Waals surface area contributed by atoms with Gasteiger partial charge in [-0.3, -0.25) is 9.59 Å². The molecule has 0 unspecified atom stereocenters. The number of hydrogen-bond donors (Lipinski definition) is 2. The number of rotatable bonds is 4. The van der Waals surface area contributed by atoms with Crippen molar-refractivity contribution in [2.75, 3.05) is 11.6 Å². The molecule has 0 atom stereocenters. The highest BCUT2D eigenvalue weighted by Gasteiger charge is 2.23. The number of carbonyl (C=O) groups is 1. The molecule has 1 heterocycles. The first kappa shape index (κ1) is 11.9. The lowest BCUT2D eigenvalue weighted by atomic mass is 10.5. The van der Waals surface area contributed by atoms with Crippen molar-refractivity contribution in [1.82, 2.24) is 20.2 Å². The van der Waals surface area contributed by atoms with E-state index in [0.717, 1.165) is 29.3 Å². The predicted molar refractivity (Wildman–Crippen MR) is 63.1 cm³/mol. The Kier molecular flexibility index (Phi) is 3.32. The third-order valence-electron chi connectivity index (χ3n) is 2.29. The molecule has 1 aromatic heterocycles. The molecule has 92 valence electrons. The first-order valence-corrected chi connectivity index (χ1v) is 6.20. The number of thioether (sulfide) groups is 1. The molecule has 1 aliphatic rings. The largest absolute Gasteiger partial charge is 0.353 e. The van der Waals surface area contributed by atoms with E-state index in [-0.39, 0.29) is 22.5 Å². The molecule has 0 aromatic carbocycles. The quantitative estimate of drug-likeness (QED) is 0.530. The number of hydrogen-bond acceptors (Lipinski definition) is 6. The number of aryl methyl sites for hydroxylation is 1. The molecule has 0 saturated heterocycles. The van der Waals surface area contributed by atoms with Gasteiger partial charge in [0.05, 0.1) is 5.75 Å². The Morgan fingerprint density at radius 3 is 2.94 bits per heavy atom. The number of nitrogens with zero attached hydrogens (tertiary/aromatic N) is 3. The van der Waals surface area contributed by atoms with Gasteiger partial charge in [-0.05, 0) is 19.8 Å². The smallest absolute Gasteiger partial charge is 0.294 e. The van der Waals surface area contributed by atoms with Crippen molar-refractivity contribution in [2.24, 2.45) is 0 Å². The summed E-state index contributed by atoms with van der Waals surface area (Å²) in [6.07, 6.45) is 2.09. The molecular formula is C9H13N5O2S. The minimum atomic E-state index is -0.398. The van der Waals surface area contributed by atoms with Crippen molar-refractivity contribution in [2.45, 2.75) is 31.0 Å². The van der Waals surface area contributed by atoms with Crippen LogP contribution in [-0.2, 0) is 4.79 Å². The van der Waals surface area contributed by atoms with E-state index in [1.54, 1.807) is 0 Å². The average Bonchev–Trinajstić information content (AvgIpc) is 3.09. The zero-order valence-electron chi connectivity index (χ0n) is 9.34. The minimum Gasteiger partial charge on any atom is -0.353 e. The van der Waals surface area contributed by atoms with Gasteiger partial charge in [-0.15, -0.1) is 10.2 Å². The summed E-state index contributed by atoms with van der Waals surface area (Å²) in [5.74, 6) is 5.64. The number of amides is 1. The number of nitrogens with two attached hydrogens (primary N) is 1. The molecule has 1 saturated carbocycles. The molecule has 2 rings (SSSR count). The van der Waals surface area contributed by atoms with Crippen molar-refractivity contribution in [3.8, 4) is 0 Å². The fourth-order valence-electron chi connectivity index (χ4n) is 1.20. The third kappa shape index (κ3) is 2.96. The maximum absolute atomic E-state index is 11.4. The summed E-state index contributed by atoms with van der Waals surface area (Å²) < 4.78 is 0.914. The first-order valence-electron chi connectivity index (χ1n) is 5.21. The average molecular weight is 255 g/mol. The number of aromatic nitrogens is 3. The van der Waals surface area contributed by atoms with Gasteiger partial charge in [-0.25, -0.2) is 0 Å². The van der Waals surface area contributed by atoms with E-state index < -0.39 is 5.56 Å². The molecule has 0 radical (unpaired) electrons. The molecule has 8 heteroatoms. The molecule has 3 N–H and O–H groups in total. The lowest BCUT2D eigenvalue weighted by Crippen LogP contribution is -2.33. The molecule has 0 spiro atoms. The Morgan fingerprint density at radius 1 is 1.59 bits per heavy atom. The Labute approximate surface area is 102 Å². The van der Waals surface area contributed by atoms with Gasteiger partial charge in [0.25, 0.3) is 5.56 Å². The second-order valence-corrected chi connectivity index (χ2v) is 4.82. The van der Waals surface area contributed by atoms with Crippen molar-refractivity contribution in [1.29, 1.82) is 0 Å². The number of nitrogens with one attached hydrogen (secondary N) is 1. The van der Waals surface area contributed by atoms with Crippen LogP contribution in [0.25, 0.3) is 0 Å². The van der Waals surface area contributed by atoms with Crippen LogP contribution in [0.1, 0.15) is 18.5 Å². The summed E-state index contributed by atoms with van der Waals surface area (Å²) in [4.78, 5) is 22.9. The molecule has 1 aromatic rings. The van der Waals surface area contributed by atoms with Crippen molar-refractivity contribution in [3.63, 3.8) is 0 Å². The molecule has 17 heavy (non-hydrogen) atoms. The highest BCUT2D eigenvalue weighted by molar-refractivity contribution is 7.99. The van der Waals surface area contributed by atoms with Gasteiger partial charge < -0.3 is 11.2 Å². The number of carbonyl (C=O) groups excluding carboxylic acids is 1. The summed E-state index contributed by atoms with van der Waals surface area (Å²) in [6, 6.07) is 0.326. The van der Waals surface area contributed by atoms with Crippen LogP contribution in [0.2, 0.25) is 0 Å². The molecule has 1 aliphatic carbocycles. The fraction of sp³-hybridized carbons (Fsp3) is 0.556. The van der Waals surface area contributed by atoms with Gasteiger partial charge in [-0.2, -0.15) is 4.68 Å². The van der Waals surface area contributed by atoms with Crippen molar-refractivity contribution >= 4 is 17.7 Å². The summed E-state index contributed by atoms with van der Waals surface area (Å²) >= 11 is 1.10. The second kappa shape index (κ2) is 4.74. The normalized spacial score (nSPS) is 14.6. The lowest BCUT2D eigenvalue weighted by molar-refractivity contribution is -0.118. The maximum Gasteiger partial charge on any atom is 0.294 e. The van der Waals surface area contributed by atoms with Crippen LogP contribution in [0.5, 0.6) is 0 Å². The zero-order valence-corrected chi connectivity index (χ0v) is 10.2. The van der Waals surface area contributed by atoms with Gasteiger partial charge in [0.2, 0.25) is 11.1 Å². The van der Waals surface area contributed by atoms with Crippen LogP contribution in [-0.4, -0.2) is 32.6 Å². The van der Waals surface area contributed by atoms with Crippen LogP contribution in [0.15, 0.2) is 9.95 Å². The molecule has 1 amide bonds. The zero-order chi connectivity index (χ0) is 12.4. The van der Waals surface area contributed by atoms with E-state index in [1.165, 1.54) is 6.92 Å². The van der Waals surface area contributed by atoms with Crippen molar-refractivity contribution in [3.05, 3.63) is 16.0 Å². The summed E-state index contributed by atoms with van der Waals surface area (Å²) in [5, 5.41) is 10.5. The van der Waals surface area contributed by atoms with Gasteiger partial charge in [0.1, 0.15) is 5.69 Å². The van der Waals surface area contributed by atoms with E-state index in [4.69, 9.17) is 5.84 Å². The topological polar surface area (TPSA) is 103 Å². The monoisotopic (exact) mass is 255 g/mol. The Morgan fingerprint density at radius 2 is 2.29 bits per heavy atom. The highest BCUT2D eigenvalue weighted by Crippen LogP contribution is 2.19. The molecule has 1 fully saturated rings. The van der Waals surface area contributed by atoms with Crippen LogP contribution >= 0.6 is 11.8 Å². The van der Waals surface area contributed by atoms with Gasteiger partial charge in [0.15, 0.2) is 0 Å². The second-order valence-electron chi connectivity index (χ2n) is 3.87. The summed E-state index contributed by atoms with van der Waals surface area (Å²) in [6.45, 7) is 1.53. The first-order chi connectivity index (χ1) is 8.08. The molecular weight excluding hydrogens is 242 g/mol. The lowest BCUT2D eigenvalue weighted by Gasteiger charge is -2.06. The SMILES string of the molecule is Cc1nnc(SCC(=O)NC2CC2)n(N)c1=O. The minimum absolute atomic E-state index is 0.0766. The Hall–Kier alpha value is -1.57. The van der Waals surface area contributed by atoms with E-state index in [1.807, 2.05) is 0 Å². The highest BCUT2D eigenvalue weighted by atomic mass is 32.2. The Bertz CT molecular complexity index is 497. The van der Waals surface area contributed by atoms with Gasteiger partial charge in [-0.1, -0.05) is 11.8 Å². The standard InChI is InChI=1S/C9H13N5O2S/c1-5-8(16)14(10)9(13-12-5)17-4-7(15)11-6-2-3-6/h6H,2-4,10H2,1H3,(H,11,15). The molecule has 7 nitrogen and oxygen atoms in total. The van der Waals surface area contributed by atoms with Crippen LogP contribution in [0.3, 0.4) is 0 Å². The van der Waals surface area contributed by atoms with E-state index >= 15 is 0 Å². The van der Waals surface area contributed by atoms with Crippen LogP contribution < -0.4 is 16.7 Å². The number of nitrogen functional groups attached to an aromatic ring is 1. The predicted octanol–water partition coefficient (Wildman–Crippen LogP) is -0.969. The summed E-state index contributed by atoms with van der Waals surface area (Å²) in [5.41, 5.74) is -0.163. The van der Waals surface area contributed by atoms with Gasteiger partial charge in [0, 0.05) is 6.04 Å². The fourth-order valence-corrected chi connectivity index (χ4v) is 1.86. The third-order valence-corrected chi connectivity index (χ3v) is 3.24. The van der Waals surface area contributed by atoms with E-state index in [0.29, 0.717) is 6.04 Å². The Balaban J connectivity index is 1.96. The molecule has 0 bridgehead atoms. The van der Waals surface area contributed by atoms with E-state index in [9.17, 15) is 9.59 Å². The maximum atomic E-state index is 11.4.